The van der Waals surface area contributed by atoms with Crippen LogP contribution in [0.15, 0.2) is 60.7 Å². The molecule has 0 fully saturated rings. The quantitative estimate of drug-likeness (QED) is 0.159. The van der Waals surface area contributed by atoms with E-state index >= 15 is 0 Å². The Kier molecular flexibility index (Phi) is 11.4. The number of benzene rings is 3. The Labute approximate surface area is 245 Å². The van der Waals surface area contributed by atoms with Crippen LogP contribution in [0.2, 0.25) is 0 Å². The molecule has 0 radical (unpaired) electrons. The summed E-state index contributed by atoms with van der Waals surface area (Å²) in [5, 5.41) is 1.73. The Morgan fingerprint density at radius 2 is 1.60 bits per heavy atom. The van der Waals surface area contributed by atoms with Crippen molar-refractivity contribution in [1.82, 2.24) is 4.90 Å². The van der Waals surface area contributed by atoms with Gasteiger partial charge < -0.3 is 14.4 Å². The molecular formula is C34H38F3NO4. The van der Waals surface area contributed by atoms with Crippen LogP contribution in [0.1, 0.15) is 70.9 Å². The molecule has 0 spiro atoms. The monoisotopic (exact) mass is 581 g/mol. The van der Waals surface area contributed by atoms with E-state index in [0.29, 0.717) is 29.2 Å². The molecule has 3 aromatic rings. The van der Waals surface area contributed by atoms with E-state index in [-0.39, 0.29) is 17.5 Å². The smallest absolute Gasteiger partial charge is 0.416 e. The summed E-state index contributed by atoms with van der Waals surface area (Å²) in [5.74, 6) is 0.763. The maximum atomic E-state index is 12.8. The number of esters is 1. The molecule has 0 aliphatic carbocycles. The van der Waals surface area contributed by atoms with Crippen molar-refractivity contribution in [3.63, 3.8) is 0 Å². The summed E-state index contributed by atoms with van der Waals surface area (Å²) >= 11 is 0. The Balaban J connectivity index is 1.56. The molecule has 0 bridgehead atoms. The summed E-state index contributed by atoms with van der Waals surface area (Å²) in [6.07, 6.45) is 1.73. The molecular weight excluding hydrogens is 543 g/mol. The number of hydrogen-bond acceptors (Lipinski definition) is 5. The van der Waals surface area contributed by atoms with E-state index < -0.39 is 11.7 Å². The van der Waals surface area contributed by atoms with Gasteiger partial charge in [0, 0.05) is 37.0 Å². The molecule has 5 nitrogen and oxygen atoms in total. The first-order chi connectivity index (χ1) is 19.9. The minimum absolute atomic E-state index is 0.0307. The number of rotatable bonds is 13. The molecule has 8 heteroatoms. The normalized spacial score (nSPS) is 12.6. The second kappa shape index (κ2) is 14.7. The minimum Gasteiger partial charge on any atom is -0.465 e. The Bertz CT molecular complexity index is 1460. The number of hydrogen-bond donors (Lipinski definition) is 0. The van der Waals surface area contributed by atoms with Gasteiger partial charge in [-0.05, 0) is 97.5 Å². The van der Waals surface area contributed by atoms with Crippen molar-refractivity contribution < 1.29 is 32.2 Å². The zero-order chi connectivity index (χ0) is 30.9. The molecule has 0 aliphatic heterocycles. The molecule has 0 N–H and O–H groups in total. The average Bonchev–Trinajstić information content (AvgIpc) is 2.95. The molecule has 224 valence electrons. The van der Waals surface area contributed by atoms with Gasteiger partial charge in [0.1, 0.15) is 11.5 Å². The number of ketones is 1. The van der Waals surface area contributed by atoms with Crippen LogP contribution in [-0.4, -0.2) is 37.4 Å². The fourth-order valence-electron chi connectivity index (χ4n) is 4.96. The highest BCUT2D eigenvalue weighted by Gasteiger charge is 2.30. The lowest BCUT2D eigenvalue weighted by molar-refractivity contribution is -0.137. The van der Waals surface area contributed by atoms with Gasteiger partial charge in [0.05, 0.1) is 18.2 Å². The maximum Gasteiger partial charge on any atom is 0.416 e. The predicted molar refractivity (Wildman–Crippen MR) is 159 cm³/mol. The number of ether oxygens (including phenoxy) is 2. The third-order valence-corrected chi connectivity index (χ3v) is 7.21. The third-order valence-electron chi connectivity index (χ3n) is 7.21. The van der Waals surface area contributed by atoms with E-state index in [1.165, 1.54) is 19.2 Å². The lowest BCUT2D eigenvalue weighted by Gasteiger charge is -2.23. The van der Waals surface area contributed by atoms with Gasteiger partial charge in [-0.25, -0.2) is 4.79 Å². The summed E-state index contributed by atoms with van der Waals surface area (Å²) in [7, 11) is 3.37. The van der Waals surface area contributed by atoms with Crippen molar-refractivity contribution in [2.75, 3.05) is 20.7 Å². The van der Waals surface area contributed by atoms with Gasteiger partial charge in [0.15, 0.2) is 5.78 Å². The molecule has 0 heterocycles. The van der Waals surface area contributed by atoms with Gasteiger partial charge in [-0.3, -0.25) is 4.79 Å². The van der Waals surface area contributed by atoms with E-state index in [1.807, 2.05) is 26.2 Å². The van der Waals surface area contributed by atoms with Crippen molar-refractivity contribution in [3.8, 4) is 11.5 Å². The number of methoxy groups -OCH3 is 1. The summed E-state index contributed by atoms with van der Waals surface area (Å²) < 4.78 is 48.8. The second-order valence-corrected chi connectivity index (χ2v) is 10.5. The van der Waals surface area contributed by atoms with Crippen LogP contribution >= 0.6 is 0 Å². The average molecular weight is 582 g/mol. The van der Waals surface area contributed by atoms with E-state index in [1.54, 1.807) is 30.3 Å². The number of alkyl halides is 3. The Morgan fingerprint density at radius 3 is 2.17 bits per heavy atom. The lowest BCUT2D eigenvalue weighted by Crippen LogP contribution is -2.33. The Morgan fingerprint density at radius 1 is 0.976 bits per heavy atom. The fraction of sp³-hybridized carbons (Fsp3) is 0.353. The highest BCUT2D eigenvalue weighted by atomic mass is 19.4. The van der Waals surface area contributed by atoms with Gasteiger partial charge in [0.25, 0.3) is 0 Å². The molecule has 1 atom stereocenters. The number of Topliss-reactive ketones (excluding diaryl/α,β-unsaturated/α-hetero) is 1. The van der Waals surface area contributed by atoms with Crippen LogP contribution < -0.4 is 15.2 Å². The topological polar surface area (TPSA) is 55.8 Å². The minimum atomic E-state index is -4.40. The van der Waals surface area contributed by atoms with E-state index in [4.69, 9.17) is 9.47 Å². The number of carbonyl (C=O) groups excluding carboxylic acids is 2. The summed E-state index contributed by atoms with van der Waals surface area (Å²) in [5.41, 5.74) is 1.17. The molecule has 3 rings (SSSR count). The fourth-order valence-corrected chi connectivity index (χ4v) is 4.96. The van der Waals surface area contributed by atoms with Gasteiger partial charge >= 0.3 is 12.1 Å². The highest BCUT2D eigenvalue weighted by molar-refractivity contribution is 5.96. The van der Waals surface area contributed by atoms with Gasteiger partial charge in [-0.15, -0.1) is 0 Å². The van der Waals surface area contributed by atoms with Gasteiger partial charge in [-0.1, -0.05) is 26.0 Å². The van der Waals surface area contributed by atoms with E-state index in [9.17, 15) is 22.8 Å². The second-order valence-electron chi connectivity index (χ2n) is 10.5. The molecule has 0 amide bonds. The van der Waals surface area contributed by atoms with Crippen molar-refractivity contribution in [1.29, 1.82) is 0 Å². The largest absolute Gasteiger partial charge is 0.465 e. The number of nitrogens with zero attached hydrogens (tertiary/aromatic N) is 1. The standard InChI is InChI=1S/C34H38F3NO4/c1-6-8-25(21-38(4)22-31-23(2)11-20-30(24(31)3)33(40)41-5)9-7-10-32(39)26-12-16-28(17-13-26)42-29-18-14-27(15-19-29)34(35,36)37/h11-20,22,25H,2,6-10,21H2,1,3-5H3/b31-22+. The van der Waals surface area contributed by atoms with Gasteiger partial charge in [-0.2, -0.15) is 13.2 Å². The first kappa shape index (κ1) is 32.4. The SMILES string of the molecule is C=c1ccc(C(=O)OC)c(C)/c1=C/N(C)CC(CCC)CCCC(=O)c1ccc(Oc2ccc(C(F)(F)F)cc2)cc1. The zero-order valence-corrected chi connectivity index (χ0v) is 24.6. The number of halogens is 3. The first-order valence-electron chi connectivity index (χ1n) is 14.0. The van der Waals surface area contributed by atoms with Crippen molar-refractivity contribution in [2.24, 2.45) is 5.92 Å². The molecule has 0 aromatic heterocycles. The third kappa shape index (κ3) is 8.96. The summed E-state index contributed by atoms with van der Waals surface area (Å²) in [4.78, 5) is 27.1. The molecule has 1 unspecified atom stereocenters. The molecule has 0 saturated carbocycles. The van der Waals surface area contributed by atoms with Crippen molar-refractivity contribution >= 4 is 24.5 Å². The van der Waals surface area contributed by atoms with E-state index in [2.05, 4.69) is 18.4 Å². The van der Waals surface area contributed by atoms with Crippen LogP contribution in [0.25, 0.3) is 12.8 Å². The summed E-state index contributed by atoms with van der Waals surface area (Å²) in [6, 6.07) is 14.7. The first-order valence-corrected chi connectivity index (χ1v) is 14.0. The van der Waals surface area contributed by atoms with Crippen LogP contribution in [0.3, 0.4) is 0 Å². The number of carbonyl (C=O) groups is 2. The molecule has 42 heavy (non-hydrogen) atoms. The van der Waals surface area contributed by atoms with E-state index in [0.717, 1.165) is 60.4 Å². The lowest BCUT2D eigenvalue weighted by atomic mass is 9.94. The Hall–Kier alpha value is -4.07. The molecule has 3 aromatic carbocycles. The van der Waals surface area contributed by atoms with Gasteiger partial charge in [0.2, 0.25) is 0 Å². The summed E-state index contributed by atoms with van der Waals surface area (Å²) in [6.45, 7) is 8.96. The molecule has 0 saturated heterocycles. The van der Waals surface area contributed by atoms with Crippen molar-refractivity contribution in [2.45, 2.75) is 52.1 Å². The predicted octanol–water partition coefficient (Wildman–Crippen LogP) is 7.14. The molecule has 0 aliphatic rings. The zero-order valence-electron chi connectivity index (χ0n) is 24.6. The van der Waals surface area contributed by atoms with Crippen molar-refractivity contribution in [3.05, 3.63) is 93.4 Å². The maximum absolute atomic E-state index is 12.8. The van der Waals surface area contributed by atoms with Crippen LogP contribution in [0, 0.1) is 12.8 Å². The van der Waals surface area contributed by atoms with Crippen LogP contribution in [0.4, 0.5) is 13.2 Å². The van der Waals surface area contributed by atoms with Crippen LogP contribution in [-0.2, 0) is 10.9 Å². The highest BCUT2D eigenvalue weighted by Crippen LogP contribution is 2.31. The van der Waals surface area contributed by atoms with Crippen LogP contribution in [0.5, 0.6) is 11.5 Å².